The molecule has 0 aliphatic carbocycles. The van der Waals surface area contributed by atoms with Crippen LogP contribution in [0.2, 0.25) is 0 Å². The fraction of sp³-hybridized carbons (Fsp3) is 0.769. The first-order valence-electron chi connectivity index (χ1n) is 6.74. The van der Waals surface area contributed by atoms with Gasteiger partial charge in [-0.2, -0.15) is 0 Å². The molecule has 0 unspecified atom stereocenters. The quantitative estimate of drug-likeness (QED) is 0.401. The molecule has 0 spiro atoms. The molecule has 0 aromatic carbocycles. The van der Waals surface area contributed by atoms with Crippen LogP contribution in [-0.2, 0) is 0 Å². The van der Waals surface area contributed by atoms with E-state index in [2.05, 4.69) is 33.6 Å². The highest BCUT2D eigenvalue weighted by atomic mass is 15.3. The third kappa shape index (κ3) is 6.02. The summed E-state index contributed by atoms with van der Waals surface area (Å²) in [4.78, 5) is 9.13. The summed E-state index contributed by atoms with van der Waals surface area (Å²) in [7, 11) is 0. The molecular formula is C13H27N5. The van der Waals surface area contributed by atoms with Crippen LogP contribution < -0.4 is 11.1 Å². The van der Waals surface area contributed by atoms with E-state index in [1.807, 2.05) is 6.92 Å². The molecule has 0 atom stereocenters. The monoisotopic (exact) mass is 253 g/mol. The van der Waals surface area contributed by atoms with Crippen molar-refractivity contribution in [2.24, 2.45) is 10.7 Å². The first kappa shape index (κ1) is 15.0. The molecule has 0 amide bonds. The van der Waals surface area contributed by atoms with Crippen LogP contribution in [0.25, 0.3) is 0 Å². The zero-order valence-corrected chi connectivity index (χ0v) is 11.8. The van der Waals surface area contributed by atoms with Crippen molar-refractivity contribution >= 4 is 5.96 Å². The summed E-state index contributed by atoms with van der Waals surface area (Å²) in [5, 5.41) is 3.14. The van der Waals surface area contributed by atoms with Crippen LogP contribution in [0.5, 0.6) is 0 Å². The molecule has 0 saturated carbocycles. The van der Waals surface area contributed by atoms with Gasteiger partial charge >= 0.3 is 0 Å². The van der Waals surface area contributed by atoms with Gasteiger partial charge < -0.3 is 16.0 Å². The number of rotatable bonds is 6. The highest BCUT2D eigenvalue weighted by molar-refractivity contribution is 5.77. The van der Waals surface area contributed by atoms with Crippen molar-refractivity contribution in [3.63, 3.8) is 0 Å². The Labute approximate surface area is 111 Å². The molecule has 3 N–H and O–H groups in total. The zero-order chi connectivity index (χ0) is 13.4. The molecular weight excluding hydrogens is 226 g/mol. The Bertz CT molecular complexity index is 279. The molecule has 1 rings (SSSR count). The Balaban J connectivity index is 2.11. The summed E-state index contributed by atoms with van der Waals surface area (Å²) in [5.74, 6) is 0.519. The van der Waals surface area contributed by atoms with Crippen LogP contribution in [0.3, 0.4) is 0 Å². The van der Waals surface area contributed by atoms with Crippen molar-refractivity contribution in [3.8, 4) is 0 Å². The van der Waals surface area contributed by atoms with Gasteiger partial charge in [-0.25, -0.2) is 4.99 Å². The Hall–Kier alpha value is -1.07. The van der Waals surface area contributed by atoms with Crippen molar-refractivity contribution in [3.05, 3.63) is 12.2 Å². The standard InChI is InChI=1S/C13H27N5/c1-4-17-7-9-18(10-8-17)6-5-15-13(14)16-11-12(2)3/h2,4-11H2,1,3H3,(H3,14,15,16). The lowest BCUT2D eigenvalue weighted by atomic mass is 10.3. The second-order valence-electron chi connectivity index (χ2n) is 4.86. The minimum absolute atomic E-state index is 0.519. The zero-order valence-electron chi connectivity index (χ0n) is 11.8. The minimum Gasteiger partial charge on any atom is -0.370 e. The van der Waals surface area contributed by atoms with Crippen molar-refractivity contribution in [2.45, 2.75) is 13.8 Å². The highest BCUT2D eigenvalue weighted by Crippen LogP contribution is 1.99. The summed E-state index contributed by atoms with van der Waals surface area (Å²) < 4.78 is 0. The molecule has 1 fully saturated rings. The SMILES string of the molecule is C=C(C)CN=C(N)NCCN1CCN(CC)CC1. The van der Waals surface area contributed by atoms with E-state index in [1.54, 1.807) is 0 Å². The molecule has 1 saturated heterocycles. The van der Waals surface area contributed by atoms with E-state index in [0.29, 0.717) is 12.5 Å². The molecule has 5 nitrogen and oxygen atoms in total. The second kappa shape index (κ2) is 8.11. The van der Waals surface area contributed by atoms with Crippen LogP contribution in [-0.4, -0.2) is 68.1 Å². The Kier molecular flexibility index (Phi) is 6.75. The van der Waals surface area contributed by atoms with Gasteiger partial charge in [-0.1, -0.05) is 19.1 Å². The average Bonchev–Trinajstić information content (AvgIpc) is 2.37. The first-order chi connectivity index (χ1) is 8.61. The molecule has 0 bridgehead atoms. The number of piperazine rings is 1. The van der Waals surface area contributed by atoms with Gasteiger partial charge in [0.2, 0.25) is 0 Å². The maximum Gasteiger partial charge on any atom is 0.188 e. The number of aliphatic imine (C=N–C) groups is 1. The summed E-state index contributed by atoms with van der Waals surface area (Å²) in [6.45, 7) is 16.3. The summed E-state index contributed by atoms with van der Waals surface area (Å²) in [5.41, 5.74) is 6.78. The predicted molar refractivity (Wildman–Crippen MR) is 77.9 cm³/mol. The van der Waals surface area contributed by atoms with Gasteiger partial charge in [0, 0.05) is 39.3 Å². The van der Waals surface area contributed by atoms with E-state index < -0.39 is 0 Å². The van der Waals surface area contributed by atoms with Crippen molar-refractivity contribution < 1.29 is 0 Å². The lowest BCUT2D eigenvalue weighted by Crippen LogP contribution is -2.48. The van der Waals surface area contributed by atoms with E-state index in [-0.39, 0.29) is 0 Å². The van der Waals surface area contributed by atoms with Gasteiger partial charge in [-0.15, -0.1) is 0 Å². The third-order valence-corrected chi connectivity index (χ3v) is 3.17. The van der Waals surface area contributed by atoms with Gasteiger partial charge in [0.05, 0.1) is 6.54 Å². The Morgan fingerprint density at radius 2 is 1.89 bits per heavy atom. The summed E-state index contributed by atoms with van der Waals surface area (Å²) in [6, 6.07) is 0. The summed E-state index contributed by atoms with van der Waals surface area (Å²) in [6.07, 6.45) is 0. The molecule has 1 heterocycles. The largest absolute Gasteiger partial charge is 0.370 e. The van der Waals surface area contributed by atoms with Gasteiger partial charge in [-0.3, -0.25) is 4.90 Å². The molecule has 18 heavy (non-hydrogen) atoms. The fourth-order valence-electron chi connectivity index (χ4n) is 1.95. The fourth-order valence-corrected chi connectivity index (χ4v) is 1.95. The normalized spacial score (nSPS) is 18.9. The predicted octanol–water partition coefficient (Wildman–Crippen LogP) is 0.104. The number of hydrogen-bond donors (Lipinski definition) is 2. The van der Waals surface area contributed by atoms with Crippen LogP contribution in [0, 0.1) is 0 Å². The number of hydrogen-bond acceptors (Lipinski definition) is 3. The third-order valence-electron chi connectivity index (χ3n) is 3.17. The van der Waals surface area contributed by atoms with E-state index in [1.165, 1.54) is 13.1 Å². The topological polar surface area (TPSA) is 56.9 Å². The Morgan fingerprint density at radius 1 is 1.28 bits per heavy atom. The molecule has 1 aliphatic heterocycles. The lowest BCUT2D eigenvalue weighted by Gasteiger charge is -2.33. The maximum atomic E-state index is 5.75. The van der Waals surface area contributed by atoms with Crippen molar-refractivity contribution in [1.29, 1.82) is 0 Å². The Morgan fingerprint density at radius 3 is 2.44 bits per heavy atom. The van der Waals surface area contributed by atoms with E-state index in [4.69, 9.17) is 5.73 Å². The van der Waals surface area contributed by atoms with Crippen molar-refractivity contribution in [1.82, 2.24) is 15.1 Å². The maximum absolute atomic E-state index is 5.75. The molecule has 0 aromatic heterocycles. The van der Waals surface area contributed by atoms with Gasteiger partial charge in [0.1, 0.15) is 0 Å². The molecule has 5 heteroatoms. The number of guanidine groups is 1. The molecule has 0 aromatic rings. The van der Waals surface area contributed by atoms with E-state index in [0.717, 1.165) is 38.3 Å². The summed E-state index contributed by atoms with van der Waals surface area (Å²) >= 11 is 0. The molecule has 1 aliphatic rings. The minimum atomic E-state index is 0.519. The van der Waals surface area contributed by atoms with Crippen LogP contribution in [0.15, 0.2) is 17.1 Å². The number of likely N-dealkylation sites (N-methyl/N-ethyl adjacent to an activating group) is 1. The number of nitrogens with two attached hydrogens (primary N) is 1. The average molecular weight is 253 g/mol. The molecule has 104 valence electrons. The van der Waals surface area contributed by atoms with Crippen LogP contribution >= 0.6 is 0 Å². The van der Waals surface area contributed by atoms with Crippen LogP contribution in [0.1, 0.15) is 13.8 Å². The highest BCUT2D eigenvalue weighted by Gasteiger charge is 2.14. The molecule has 0 radical (unpaired) electrons. The number of nitrogens with zero attached hydrogens (tertiary/aromatic N) is 3. The van der Waals surface area contributed by atoms with Gasteiger partial charge in [-0.05, 0) is 13.5 Å². The second-order valence-corrected chi connectivity index (χ2v) is 4.86. The first-order valence-corrected chi connectivity index (χ1v) is 6.74. The van der Waals surface area contributed by atoms with Gasteiger partial charge in [0.25, 0.3) is 0 Å². The van der Waals surface area contributed by atoms with Gasteiger partial charge in [0.15, 0.2) is 5.96 Å². The van der Waals surface area contributed by atoms with Crippen LogP contribution in [0.4, 0.5) is 0 Å². The smallest absolute Gasteiger partial charge is 0.188 e. The number of nitrogens with one attached hydrogen (secondary N) is 1. The lowest BCUT2D eigenvalue weighted by molar-refractivity contribution is 0.139. The van der Waals surface area contributed by atoms with E-state index >= 15 is 0 Å². The van der Waals surface area contributed by atoms with Crippen molar-refractivity contribution in [2.75, 3.05) is 52.4 Å². The van der Waals surface area contributed by atoms with E-state index in [9.17, 15) is 0 Å².